The van der Waals surface area contributed by atoms with E-state index in [1.807, 2.05) is 0 Å². The molecule has 0 amide bonds. The van der Waals surface area contributed by atoms with E-state index in [1.165, 1.54) is 0 Å². The molecule has 0 aromatic carbocycles. The van der Waals surface area contributed by atoms with Crippen molar-refractivity contribution in [1.82, 2.24) is 0 Å². The van der Waals surface area contributed by atoms with Gasteiger partial charge in [-0.1, -0.05) is 13.8 Å². The van der Waals surface area contributed by atoms with Gasteiger partial charge in [-0.25, -0.2) is 0 Å². The predicted octanol–water partition coefficient (Wildman–Crippen LogP) is -0.985. The summed E-state index contributed by atoms with van der Waals surface area (Å²) >= 11 is 0. The van der Waals surface area contributed by atoms with Crippen LogP contribution in [0.15, 0.2) is 6.58 Å². The van der Waals surface area contributed by atoms with Crippen LogP contribution in [0.2, 0.25) is 0 Å². The molecule has 0 saturated carbocycles. The van der Waals surface area contributed by atoms with E-state index >= 15 is 0 Å². The van der Waals surface area contributed by atoms with Crippen molar-refractivity contribution < 1.29 is 28.3 Å². The van der Waals surface area contributed by atoms with Crippen molar-refractivity contribution >= 4 is 0 Å². The molecule has 66 valence electrons. The molecule has 0 N–H and O–H groups in total. The van der Waals surface area contributed by atoms with Crippen LogP contribution in [0.4, 0.5) is 0 Å². The van der Waals surface area contributed by atoms with Crippen molar-refractivity contribution in [1.29, 1.82) is 0 Å². The second-order valence-electron chi connectivity index (χ2n) is 2.81. The summed E-state index contributed by atoms with van der Waals surface area (Å²) in [6.45, 7) is 8.11. The van der Waals surface area contributed by atoms with Crippen molar-refractivity contribution in [2.45, 2.75) is 26.4 Å². The Labute approximate surface area is 87.5 Å². The zero-order valence-electron chi connectivity index (χ0n) is 8.59. The van der Waals surface area contributed by atoms with Crippen LogP contribution in [0.5, 0.6) is 0 Å². The van der Waals surface area contributed by atoms with Crippen LogP contribution in [0.3, 0.4) is 0 Å². The molecule has 12 heavy (non-hydrogen) atoms. The average molecular weight is 164 g/mol. The van der Waals surface area contributed by atoms with Gasteiger partial charge in [0.1, 0.15) is 6.79 Å². The fourth-order valence-corrected chi connectivity index (χ4v) is 0.785. The van der Waals surface area contributed by atoms with Crippen molar-refractivity contribution in [3.63, 3.8) is 0 Å². The number of hydrogen-bond donors (Lipinski definition) is 0. The molecule has 2 nitrogen and oxygen atoms in total. The number of rotatable bonds is 6. The molecule has 0 aromatic heterocycles. The first-order valence-corrected chi connectivity index (χ1v) is 3.82. The molecular weight excluding hydrogens is 147 g/mol. The minimum atomic E-state index is 0. The second-order valence-corrected chi connectivity index (χ2v) is 2.81. The Bertz CT molecular complexity index is 105. The Hall–Kier alpha value is 0.257. The summed E-state index contributed by atoms with van der Waals surface area (Å²) in [6, 6.07) is 0. The van der Waals surface area contributed by atoms with Crippen LogP contribution >= 0.6 is 0 Å². The first-order chi connectivity index (χ1) is 5.22. The van der Waals surface area contributed by atoms with Gasteiger partial charge in [-0.05, 0) is 5.92 Å². The average Bonchev–Trinajstić information content (AvgIpc) is 1.97. The maximum Gasteiger partial charge on any atom is 1.00 e. The van der Waals surface area contributed by atoms with Crippen LogP contribution in [0.25, 0.3) is 0 Å². The Morgan fingerprint density at radius 3 is 2.33 bits per heavy atom. The minimum absolute atomic E-state index is 0. The SMILES string of the molecule is C=[C-]CC(OCOC)C(C)C.[Li+]. The maximum atomic E-state index is 5.37. The Morgan fingerprint density at radius 1 is 1.42 bits per heavy atom. The van der Waals surface area contributed by atoms with Crippen LogP contribution in [0, 0.1) is 12.0 Å². The summed E-state index contributed by atoms with van der Waals surface area (Å²) in [4.78, 5) is 0. The summed E-state index contributed by atoms with van der Waals surface area (Å²) < 4.78 is 10.2. The zero-order valence-corrected chi connectivity index (χ0v) is 8.59. The molecule has 0 saturated heterocycles. The number of ether oxygens (including phenoxy) is 2. The van der Waals surface area contributed by atoms with E-state index in [1.54, 1.807) is 7.11 Å². The molecule has 1 unspecified atom stereocenters. The monoisotopic (exact) mass is 164 g/mol. The molecule has 0 heterocycles. The molecule has 0 bridgehead atoms. The van der Waals surface area contributed by atoms with Crippen LogP contribution < -0.4 is 18.9 Å². The van der Waals surface area contributed by atoms with Gasteiger partial charge in [0.25, 0.3) is 0 Å². The van der Waals surface area contributed by atoms with Crippen molar-refractivity contribution in [2.24, 2.45) is 5.92 Å². The molecule has 0 spiro atoms. The summed E-state index contributed by atoms with van der Waals surface area (Å²) in [6.07, 6.45) is 3.78. The van der Waals surface area contributed by atoms with Gasteiger partial charge in [-0.3, -0.25) is 6.58 Å². The second kappa shape index (κ2) is 9.35. The van der Waals surface area contributed by atoms with Crippen molar-refractivity contribution in [2.75, 3.05) is 13.9 Å². The Kier molecular flexibility index (Phi) is 11.5. The van der Waals surface area contributed by atoms with Gasteiger partial charge >= 0.3 is 18.9 Å². The van der Waals surface area contributed by atoms with Crippen molar-refractivity contribution in [3.05, 3.63) is 12.7 Å². The molecular formula is C9H17LiO2. The third-order valence-electron chi connectivity index (χ3n) is 1.49. The fourth-order valence-electron chi connectivity index (χ4n) is 0.785. The first kappa shape index (κ1) is 14.8. The van der Waals surface area contributed by atoms with Crippen LogP contribution in [-0.2, 0) is 9.47 Å². The smallest absolute Gasteiger partial charge is 0.502 e. The molecule has 0 fully saturated rings. The van der Waals surface area contributed by atoms with Crippen LogP contribution in [-0.4, -0.2) is 20.0 Å². The third kappa shape index (κ3) is 6.94. The molecule has 0 aliphatic carbocycles. The largest absolute Gasteiger partial charge is 1.00 e. The quantitative estimate of drug-likeness (QED) is 0.285. The van der Waals surface area contributed by atoms with Gasteiger partial charge in [0.15, 0.2) is 0 Å². The Balaban J connectivity index is 0. The molecule has 0 aliphatic rings. The Morgan fingerprint density at radius 2 is 2.00 bits per heavy atom. The fraction of sp³-hybridized carbons (Fsp3) is 0.778. The van der Waals surface area contributed by atoms with E-state index < -0.39 is 0 Å². The van der Waals surface area contributed by atoms with Gasteiger partial charge in [-0.15, -0.1) is 0 Å². The topological polar surface area (TPSA) is 18.5 Å². The third-order valence-corrected chi connectivity index (χ3v) is 1.49. The van der Waals surface area contributed by atoms with Crippen LogP contribution in [0.1, 0.15) is 20.3 Å². The van der Waals surface area contributed by atoms with E-state index in [9.17, 15) is 0 Å². The zero-order chi connectivity index (χ0) is 8.69. The standard InChI is InChI=1S/C9H17O2.Li/c1-5-6-9(8(2)3)11-7-10-4;/h8-9H,1,6-7H2,2-4H3;/q-1;+1. The molecule has 3 heteroatoms. The van der Waals surface area contributed by atoms with Gasteiger partial charge in [0, 0.05) is 13.2 Å². The normalized spacial score (nSPS) is 12.3. The molecule has 0 aliphatic heterocycles. The van der Waals surface area contributed by atoms with E-state index in [0.717, 1.165) is 6.42 Å². The number of hydrogen-bond acceptors (Lipinski definition) is 2. The molecule has 1 atom stereocenters. The molecule has 0 aromatic rings. The summed E-state index contributed by atoms with van der Waals surface area (Å²) in [5, 5.41) is 0. The maximum absolute atomic E-state index is 5.37. The molecule has 0 radical (unpaired) electrons. The predicted molar refractivity (Wildman–Crippen MR) is 45.1 cm³/mol. The van der Waals surface area contributed by atoms with E-state index in [4.69, 9.17) is 9.47 Å². The summed E-state index contributed by atoms with van der Waals surface area (Å²) in [5.41, 5.74) is 0. The van der Waals surface area contributed by atoms with E-state index in [-0.39, 0.29) is 25.0 Å². The molecule has 0 rings (SSSR count). The van der Waals surface area contributed by atoms with Gasteiger partial charge in [0.05, 0.1) is 0 Å². The van der Waals surface area contributed by atoms with E-state index in [2.05, 4.69) is 26.5 Å². The minimum Gasteiger partial charge on any atom is -0.502 e. The number of methoxy groups -OCH3 is 1. The van der Waals surface area contributed by atoms with Gasteiger partial charge < -0.3 is 15.5 Å². The van der Waals surface area contributed by atoms with Crippen molar-refractivity contribution in [3.8, 4) is 0 Å². The van der Waals surface area contributed by atoms with E-state index in [0.29, 0.717) is 12.7 Å². The van der Waals surface area contributed by atoms with Gasteiger partial charge in [0.2, 0.25) is 0 Å². The summed E-state index contributed by atoms with van der Waals surface area (Å²) in [5.74, 6) is 0.486. The summed E-state index contributed by atoms with van der Waals surface area (Å²) in [7, 11) is 1.62. The van der Waals surface area contributed by atoms with Gasteiger partial charge in [-0.2, -0.15) is 6.42 Å². The first-order valence-electron chi connectivity index (χ1n) is 3.82.